The van der Waals surface area contributed by atoms with E-state index in [1.165, 1.54) is 11.8 Å². The summed E-state index contributed by atoms with van der Waals surface area (Å²) in [6.45, 7) is 1.98. The Morgan fingerprint density at radius 2 is 1.83 bits per heavy atom. The number of carbonyl (C=O) groups excluding carboxylic acids is 3. The molecule has 1 unspecified atom stereocenters. The van der Waals surface area contributed by atoms with Crippen molar-refractivity contribution in [3.05, 3.63) is 71.3 Å². The first kappa shape index (κ1) is 21.3. The van der Waals surface area contributed by atoms with E-state index in [1.54, 1.807) is 61.7 Å². The maximum atomic E-state index is 12.9. The van der Waals surface area contributed by atoms with Gasteiger partial charge >= 0.3 is 5.97 Å². The number of hydrogen-bond donors (Lipinski definition) is 1. The van der Waals surface area contributed by atoms with Crippen LogP contribution in [0.25, 0.3) is 5.76 Å². The third-order valence-corrected chi connectivity index (χ3v) is 4.77. The van der Waals surface area contributed by atoms with Gasteiger partial charge in [-0.1, -0.05) is 42.5 Å². The minimum absolute atomic E-state index is 0.00333. The fourth-order valence-corrected chi connectivity index (χ4v) is 3.50. The zero-order valence-electron chi connectivity index (χ0n) is 16.8. The van der Waals surface area contributed by atoms with Crippen molar-refractivity contribution in [2.75, 3.05) is 20.3 Å². The molecule has 2 aromatic rings. The van der Waals surface area contributed by atoms with Crippen LogP contribution in [0.15, 0.2) is 60.2 Å². The number of aliphatic hydroxyl groups is 1. The number of esters is 1. The molecule has 0 aliphatic carbocycles. The largest absolute Gasteiger partial charge is 0.507 e. The Morgan fingerprint density at radius 3 is 2.50 bits per heavy atom. The number of aliphatic hydroxyl groups excluding tert-OH is 1. The van der Waals surface area contributed by atoms with E-state index in [2.05, 4.69) is 0 Å². The quantitative estimate of drug-likeness (QED) is 0.189. The molecule has 1 atom stereocenters. The molecule has 156 valence electrons. The summed E-state index contributed by atoms with van der Waals surface area (Å²) in [6.07, 6.45) is 0.523. The second kappa shape index (κ2) is 9.37. The van der Waals surface area contributed by atoms with E-state index < -0.39 is 23.7 Å². The van der Waals surface area contributed by atoms with Crippen molar-refractivity contribution < 1.29 is 29.0 Å². The molecule has 7 heteroatoms. The molecular weight excluding hydrogens is 386 g/mol. The van der Waals surface area contributed by atoms with Gasteiger partial charge in [-0.05, 0) is 24.1 Å². The van der Waals surface area contributed by atoms with Crippen LogP contribution < -0.4 is 4.74 Å². The monoisotopic (exact) mass is 409 g/mol. The summed E-state index contributed by atoms with van der Waals surface area (Å²) in [7, 11) is 1.56. The first-order valence-corrected chi connectivity index (χ1v) is 9.55. The number of likely N-dealkylation sites (tertiary alicyclic amines) is 1. The molecule has 1 saturated heterocycles. The molecule has 0 aromatic heterocycles. The molecule has 30 heavy (non-hydrogen) atoms. The van der Waals surface area contributed by atoms with Crippen molar-refractivity contribution >= 4 is 23.4 Å². The molecule has 0 saturated carbocycles. The fourth-order valence-electron chi connectivity index (χ4n) is 3.50. The van der Waals surface area contributed by atoms with Crippen molar-refractivity contribution in [1.29, 1.82) is 0 Å². The molecule has 0 radical (unpaired) electrons. The lowest BCUT2D eigenvalue weighted by Crippen LogP contribution is -2.31. The minimum Gasteiger partial charge on any atom is -0.507 e. The second-order valence-corrected chi connectivity index (χ2v) is 6.87. The van der Waals surface area contributed by atoms with Gasteiger partial charge in [0.15, 0.2) is 0 Å². The average Bonchev–Trinajstić information content (AvgIpc) is 2.99. The predicted molar refractivity (Wildman–Crippen MR) is 110 cm³/mol. The molecule has 0 spiro atoms. The predicted octanol–water partition coefficient (Wildman–Crippen LogP) is 3.07. The number of benzene rings is 2. The molecule has 1 aliphatic rings. The summed E-state index contributed by atoms with van der Waals surface area (Å²) in [4.78, 5) is 38.4. The lowest BCUT2D eigenvalue weighted by Gasteiger charge is -2.25. The van der Waals surface area contributed by atoms with Crippen LogP contribution >= 0.6 is 0 Å². The molecule has 1 fully saturated rings. The van der Waals surface area contributed by atoms with E-state index in [0.29, 0.717) is 29.9 Å². The zero-order valence-corrected chi connectivity index (χ0v) is 16.8. The van der Waals surface area contributed by atoms with Crippen LogP contribution in [0.5, 0.6) is 5.75 Å². The lowest BCUT2D eigenvalue weighted by atomic mass is 9.95. The van der Waals surface area contributed by atoms with Gasteiger partial charge in [0.1, 0.15) is 11.5 Å². The van der Waals surface area contributed by atoms with Gasteiger partial charge in [0.05, 0.1) is 11.6 Å². The topological polar surface area (TPSA) is 93.1 Å². The Labute approximate surface area is 174 Å². The fraction of sp³-hybridized carbons (Fsp3) is 0.261. The first-order valence-electron chi connectivity index (χ1n) is 9.55. The average molecular weight is 409 g/mol. The van der Waals surface area contributed by atoms with Gasteiger partial charge in [0.2, 0.25) is 0 Å². The van der Waals surface area contributed by atoms with Gasteiger partial charge in [-0.15, -0.1) is 0 Å². The van der Waals surface area contributed by atoms with Crippen molar-refractivity contribution in [2.45, 2.75) is 19.4 Å². The van der Waals surface area contributed by atoms with E-state index in [-0.39, 0.29) is 17.9 Å². The highest BCUT2D eigenvalue weighted by molar-refractivity contribution is 6.46. The molecule has 1 aliphatic heterocycles. The standard InChI is InChI=1S/C23H23NO6/c1-15(25)30-18-11-6-10-17(14-18)20-19(21(26)16-8-4-3-5-9-16)22(27)23(28)24(20)12-7-13-29-2/h3-6,8-11,14,20,26H,7,12-13H2,1-2H3/b21-19-. The smallest absolute Gasteiger partial charge is 0.308 e. The van der Waals surface area contributed by atoms with E-state index in [0.717, 1.165) is 0 Å². The first-order chi connectivity index (χ1) is 14.4. The highest BCUT2D eigenvalue weighted by Crippen LogP contribution is 2.40. The number of amides is 1. The number of carbonyl (C=O) groups is 3. The minimum atomic E-state index is -0.808. The summed E-state index contributed by atoms with van der Waals surface area (Å²) in [5.41, 5.74) is 1.000. The van der Waals surface area contributed by atoms with Gasteiger partial charge in [-0.2, -0.15) is 0 Å². The molecule has 1 N–H and O–H groups in total. The summed E-state index contributed by atoms with van der Waals surface area (Å²) in [5, 5.41) is 10.9. The normalized spacial score (nSPS) is 17.9. The maximum absolute atomic E-state index is 12.9. The van der Waals surface area contributed by atoms with Crippen molar-refractivity contribution in [2.24, 2.45) is 0 Å². The number of ether oxygens (including phenoxy) is 2. The molecule has 1 amide bonds. The van der Waals surface area contributed by atoms with Gasteiger partial charge < -0.3 is 19.5 Å². The Hall–Kier alpha value is -3.45. The second-order valence-electron chi connectivity index (χ2n) is 6.87. The number of methoxy groups -OCH3 is 1. The van der Waals surface area contributed by atoms with E-state index >= 15 is 0 Å². The van der Waals surface area contributed by atoms with Gasteiger partial charge in [0.25, 0.3) is 11.7 Å². The van der Waals surface area contributed by atoms with Crippen LogP contribution in [0.2, 0.25) is 0 Å². The Morgan fingerprint density at radius 1 is 1.10 bits per heavy atom. The van der Waals surface area contributed by atoms with Crippen molar-refractivity contribution in [3.8, 4) is 5.75 Å². The summed E-state index contributed by atoms with van der Waals surface area (Å²) < 4.78 is 10.2. The van der Waals surface area contributed by atoms with Crippen LogP contribution in [0.4, 0.5) is 0 Å². The van der Waals surface area contributed by atoms with Crippen molar-refractivity contribution in [1.82, 2.24) is 4.90 Å². The molecule has 2 aromatic carbocycles. The van der Waals surface area contributed by atoms with Gasteiger partial charge in [-0.3, -0.25) is 14.4 Å². The number of ketones is 1. The SMILES string of the molecule is COCCCN1C(=O)C(=O)/C(=C(\O)c2ccccc2)C1c1cccc(OC(C)=O)c1. The molecule has 7 nitrogen and oxygen atoms in total. The van der Waals surface area contributed by atoms with Crippen LogP contribution in [-0.4, -0.2) is 47.9 Å². The lowest BCUT2D eigenvalue weighted by molar-refractivity contribution is -0.140. The number of rotatable bonds is 7. The van der Waals surface area contributed by atoms with Gasteiger partial charge in [-0.25, -0.2) is 0 Å². The summed E-state index contributed by atoms with van der Waals surface area (Å²) in [5.74, 6) is -1.87. The number of nitrogens with zero attached hydrogens (tertiary/aromatic N) is 1. The van der Waals surface area contributed by atoms with E-state index in [4.69, 9.17) is 9.47 Å². The Balaban J connectivity index is 2.11. The highest BCUT2D eigenvalue weighted by atomic mass is 16.5. The van der Waals surface area contributed by atoms with E-state index in [1.807, 2.05) is 0 Å². The zero-order chi connectivity index (χ0) is 21.7. The highest BCUT2D eigenvalue weighted by Gasteiger charge is 2.45. The van der Waals surface area contributed by atoms with Crippen molar-refractivity contribution in [3.63, 3.8) is 0 Å². The van der Waals surface area contributed by atoms with Crippen LogP contribution in [0.3, 0.4) is 0 Å². The van der Waals surface area contributed by atoms with E-state index in [9.17, 15) is 19.5 Å². The number of hydrogen-bond acceptors (Lipinski definition) is 6. The van der Waals surface area contributed by atoms with Crippen LogP contribution in [0, 0.1) is 0 Å². The third kappa shape index (κ3) is 4.41. The summed E-state index contributed by atoms with van der Waals surface area (Å²) >= 11 is 0. The van der Waals surface area contributed by atoms with Gasteiger partial charge in [0, 0.05) is 32.7 Å². The summed E-state index contributed by atoms with van der Waals surface area (Å²) in [6, 6.07) is 14.4. The van der Waals surface area contributed by atoms with Crippen LogP contribution in [-0.2, 0) is 19.1 Å². The third-order valence-electron chi connectivity index (χ3n) is 4.77. The van der Waals surface area contributed by atoms with Crippen LogP contribution in [0.1, 0.15) is 30.5 Å². The Kier molecular flexibility index (Phi) is 6.64. The number of Topliss-reactive ketones (excluding diaryl/α,β-unsaturated/α-hetero) is 1. The molecule has 3 rings (SSSR count). The Bertz CT molecular complexity index is 982. The molecule has 1 heterocycles. The molecular formula is C23H23NO6. The molecule has 0 bridgehead atoms. The maximum Gasteiger partial charge on any atom is 0.308 e.